The third kappa shape index (κ3) is 2.16. The lowest BCUT2D eigenvalue weighted by atomic mass is 9.83. The van der Waals surface area contributed by atoms with Crippen LogP contribution in [0.5, 0.6) is 0 Å². The van der Waals surface area contributed by atoms with E-state index in [0.29, 0.717) is 11.8 Å². The molecule has 1 amide bonds. The average Bonchev–Trinajstić information content (AvgIpc) is 2.85. The Morgan fingerprint density at radius 1 is 1.12 bits per heavy atom. The molecule has 0 heterocycles. The lowest BCUT2D eigenvalue weighted by Gasteiger charge is -2.37. The molecule has 0 spiro atoms. The molecule has 2 atom stereocenters. The third-order valence-corrected chi connectivity index (χ3v) is 6.24. The van der Waals surface area contributed by atoms with Crippen molar-refractivity contribution in [2.24, 2.45) is 17.8 Å². The lowest BCUT2D eigenvalue weighted by molar-refractivity contribution is -0.125. The fourth-order valence-corrected chi connectivity index (χ4v) is 4.78. The molecule has 17 heavy (non-hydrogen) atoms. The second-order valence-electron chi connectivity index (χ2n) is 6.25. The van der Waals surface area contributed by atoms with Crippen LogP contribution in [0.1, 0.15) is 51.4 Å². The highest BCUT2D eigenvalue weighted by Gasteiger charge is 2.57. The highest BCUT2D eigenvalue weighted by molar-refractivity contribution is 9.09. The molecule has 0 aromatic heterocycles. The van der Waals surface area contributed by atoms with Crippen LogP contribution < -0.4 is 5.32 Å². The molecule has 3 fully saturated rings. The minimum Gasteiger partial charge on any atom is -0.350 e. The predicted molar refractivity (Wildman–Crippen MR) is 72.1 cm³/mol. The Bertz CT molecular complexity index is 301. The van der Waals surface area contributed by atoms with Crippen LogP contribution in [-0.2, 0) is 4.79 Å². The summed E-state index contributed by atoms with van der Waals surface area (Å²) in [6.07, 6.45) is 10.1. The molecule has 3 aliphatic carbocycles. The SMILES string of the molecule is O=C(NC1(CBr)CCCCC1)C1C2CCCC21. The number of halogens is 1. The highest BCUT2D eigenvalue weighted by Crippen LogP contribution is 2.57. The van der Waals surface area contributed by atoms with Gasteiger partial charge in [0, 0.05) is 16.8 Å². The van der Waals surface area contributed by atoms with Crippen LogP contribution >= 0.6 is 15.9 Å². The first kappa shape index (κ1) is 12.0. The van der Waals surface area contributed by atoms with E-state index >= 15 is 0 Å². The maximum absolute atomic E-state index is 12.3. The van der Waals surface area contributed by atoms with Crippen LogP contribution in [-0.4, -0.2) is 16.8 Å². The second-order valence-corrected chi connectivity index (χ2v) is 6.81. The summed E-state index contributed by atoms with van der Waals surface area (Å²) in [7, 11) is 0. The van der Waals surface area contributed by atoms with Gasteiger partial charge in [0.25, 0.3) is 0 Å². The Balaban J connectivity index is 1.59. The van der Waals surface area contributed by atoms with Crippen molar-refractivity contribution in [2.45, 2.75) is 56.9 Å². The predicted octanol–water partition coefficient (Wildman–Crippen LogP) is 3.25. The van der Waals surface area contributed by atoms with Crippen LogP contribution in [0.15, 0.2) is 0 Å². The molecular weight excluding hydrogens is 278 g/mol. The zero-order valence-electron chi connectivity index (χ0n) is 10.4. The van der Waals surface area contributed by atoms with Crippen molar-refractivity contribution in [3.63, 3.8) is 0 Å². The Morgan fingerprint density at radius 3 is 2.35 bits per heavy atom. The van der Waals surface area contributed by atoms with E-state index in [9.17, 15) is 4.79 Å². The molecule has 1 N–H and O–H groups in total. The molecule has 0 aromatic rings. The Kier molecular flexibility index (Phi) is 3.22. The van der Waals surface area contributed by atoms with Crippen LogP contribution in [0, 0.1) is 17.8 Å². The number of hydrogen-bond acceptors (Lipinski definition) is 1. The van der Waals surface area contributed by atoms with Gasteiger partial charge in [0.1, 0.15) is 0 Å². The van der Waals surface area contributed by atoms with Gasteiger partial charge in [0.2, 0.25) is 5.91 Å². The van der Waals surface area contributed by atoms with Crippen LogP contribution in [0.25, 0.3) is 0 Å². The molecule has 0 bridgehead atoms. The van der Waals surface area contributed by atoms with Crippen molar-refractivity contribution >= 4 is 21.8 Å². The molecular formula is C14H22BrNO. The zero-order valence-corrected chi connectivity index (χ0v) is 12.0. The van der Waals surface area contributed by atoms with Gasteiger partial charge in [0.05, 0.1) is 0 Å². The molecule has 3 aliphatic rings. The van der Waals surface area contributed by atoms with E-state index in [1.165, 1.54) is 38.5 Å². The number of hydrogen-bond donors (Lipinski definition) is 1. The van der Waals surface area contributed by atoms with E-state index < -0.39 is 0 Å². The van der Waals surface area contributed by atoms with Crippen LogP contribution in [0.4, 0.5) is 0 Å². The Labute approximate surface area is 112 Å². The monoisotopic (exact) mass is 299 g/mol. The molecule has 0 aliphatic heterocycles. The Hall–Kier alpha value is -0.0500. The molecule has 0 radical (unpaired) electrons. The van der Waals surface area contributed by atoms with Gasteiger partial charge in [0.15, 0.2) is 0 Å². The van der Waals surface area contributed by atoms with E-state index in [4.69, 9.17) is 0 Å². The van der Waals surface area contributed by atoms with Gasteiger partial charge in [-0.05, 0) is 37.5 Å². The van der Waals surface area contributed by atoms with Crippen molar-refractivity contribution in [2.75, 3.05) is 5.33 Å². The van der Waals surface area contributed by atoms with E-state index in [0.717, 1.165) is 30.0 Å². The first-order valence-electron chi connectivity index (χ1n) is 7.14. The highest BCUT2D eigenvalue weighted by atomic mass is 79.9. The summed E-state index contributed by atoms with van der Waals surface area (Å²) >= 11 is 3.61. The summed E-state index contributed by atoms with van der Waals surface area (Å²) in [6, 6.07) is 0. The number of carbonyl (C=O) groups is 1. The van der Waals surface area contributed by atoms with Gasteiger partial charge in [-0.2, -0.15) is 0 Å². The van der Waals surface area contributed by atoms with Crippen molar-refractivity contribution in [1.82, 2.24) is 5.32 Å². The first-order valence-corrected chi connectivity index (χ1v) is 8.26. The number of alkyl halides is 1. The van der Waals surface area contributed by atoms with Gasteiger partial charge in [-0.3, -0.25) is 4.79 Å². The zero-order chi connectivity index (χ0) is 11.9. The van der Waals surface area contributed by atoms with Gasteiger partial charge < -0.3 is 5.32 Å². The quantitative estimate of drug-likeness (QED) is 0.797. The summed E-state index contributed by atoms with van der Waals surface area (Å²) in [6.45, 7) is 0. The van der Waals surface area contributed by atoms with Crippen molar-refractivity contribution in [1.29, 1.82) is 0 Å². The third-order valence-electron chi connectivity index (χ3n) is 5.16. The molecule has 3 heteroatoms. The number of amides is 1. The van der Waals surface area contributed by atoms with E-state index in [2.05, 4.69) is 21.2 Å². The number of carbonyl (C=O) groups excluding carboxylic acids is 1. The van der Waals surface area contributed by atoms with E-state index in [1.54, 1.807) is 0 Å². The number of fused-ring (bicyclic) bond motifs is 1. The normalized spacial score (nSPS) is 38.5. The maximum Gasteiger partial charge on any atom is 0.224 e. The number of rotatable bonds is 3. The van der Waals surface area contributed by atoms with Crippen LogP contribution in [0.2, 0.25) is 0 Å². The topological polar surface area (TPSA) is 29.1 Å². The van der Waals surface area contributed by atoms with E-state index in [-0.39, 0.29) is 5.54 Å². The van der Waals surface area contributed by atoms with Gasteiger partial charge >= 0.3 is 0 Å². The molecule has 2 unspecified atom stereocenters. The Morgan fingerprint density at radius 2 is 1.76 bits per heavy atom. The summed E-state index contributed by atoms with van der Waals surface area (Å²) in [4.78, 5) is 12.3. The van der Waals surface area contributed by atoms with Crippen molar-refractivity contribution in [3.8, 4) is 0 Å². The van der Waals surface area contributed by atoms with Gasteiger partial charge in [-0.1, -0.05) is 41.6 Å². The smallest absolute Gasteiger partial charge is 0.224 e. The van der Waals surface area contributed by atoms with E-state index in [1.807, 2.05) is 0 Å². The minimum absolute atomic E-state index is 0.0756. The molecule has 96 valence electrons. The van der Waals surface area contributed by atoms with Crippen molar-refractivity contribution < 1.29 is 4.79 Å². The van der Waals surface area contributed by atoms with Gasteiger partial charge in [-0.25, -0.2) is 0 Å². The fraction of sp³-hybridized carbons (Fsp3) is 0.929. The largest absolute Gasteiger partial charge is 0.350 e. The summed E-state index contributed by atoms with van der Waals surface area (Å²) in [5, 5.41) is 4.31. The first-order chi connectivity index (χ1) is 8.26. The summed E-state index contributed by atoms with van der Waals surface area (Å²) < 4.78 is 0. The second kappa shape index (κ2) is 4.56. The molecule has 0 aromatic carbocycles. The van der Waals surface area contributed by atoms with Crippen molar-refractivity contribution in [3.05, 3.63) is 0 Å². The summed E-state index contributed by atoms with van der Waals surface area (Å²) in [5.74, 6) is 2.22. The molecule has 2 nitrogen and oxygen atoms in total. The minimum atomic E-state index is 0.0756. The van der Waals surface area contributed by atoms with Gasteiger partial charge in [-0.15, -0.1) is 0 Å². The number of nitrogens with one attached hydrogen (secondary N) is 1. The summed E-state index contributed by atoms with van der Waals surface area (Å²) in [5.41, 5.74) is 0.0756. The molecule has 3 rings (SSSR count). The molecule has 0 saturated heterocycles. The van der Waals surface area contributed by atoms with Crippen LogP contribution in [0.3, 0.4) is 0 Å². The fourth-order valence-electron chi connectivity index (χ4n) is 4.08. The molecule has 3 saturated carbocycles. The lowest BCUT2D eigenvalue weighted by Crippen LogP contribution is -2.52. The standard InChI is InChI=1S/C14H22BrNO/c15-9-14(7-2-1-3-8-14)16-13(17)12-10-5-4-6-11(10)12/h10-12H,1-9H2,(H,16,17). The average molecular weight is 300 g/mol. The maximum atomic E-state index is 12.3.